The zero-order valence-electron chi connectivity index (χ0n) is 14.0. The summed E-state index contributed by atoms with van der Waals surface area (Å²) >= 11 is 0. The lowest BCUT2D eigenvalue weighted by Crippen LogP contribution is -2.34. The Bertz CT molecular complexity index is 362. The largest absolute Gasteiger partial charge is 0.465 e. The van der Waals surface area contributed by atoms with Crippen LogP contribution in [-0.4, -0.2) is 25.2 Å². The second-order valence-electron chi connectivity index (χ2n) is 5.91. The first-order valence-electron chi connectivity index (χ1n) is 8.69. The summed E-state index contributed by atoms with van der Waals surface area (Å²) in [4.78, 5) is 24.4. The Morgan fingerprint density at radius 3 is 1.82 bits per heavy atom. The average Bonchev–Trinajstić information content (AvgIpc) is 2.54. The van der Waals surface area contributed by atoms with Gasteiger partial charge in [-0.25, -0.2) is 0 Å². The van der Waals surface area contributed by atoms with E-state index in [1.165, 1.54) is 0 Å². The Hall–Kier alpha value is -1.32. The maximum Gasteiger partial charge on any atom is 0.310 e. The number of esters is 2. The zero-order chi connectivity index (χ0) is 16.2. The van der Waals surface area contributed by atoms with Crippen LogP contribution in [0.15, 0.2) is 12.2 Å². The normalized spacial score (nSPS) is 20.6. The highest BCUT2D eigenvalue weighted by atomic mass is 16.5. The van der Waals surface area contributed by atoms with Gasteiger partial charge in [-0.3, -0.25) is 9.59 Å². The molecule has 126 valence electrons. The minimum Gasteiger partial charge on any atom is -0.465 e. The van der Waals surface area contributed by atoms with Crippen molar-refractivity contribution >= 4 is 11.9 Å². The summed E-state index contributed by atoms with van der Waals surface area (Å²) in [7, 11) is 0. The van der Waals surface area contributed by atoms with Gasteiger partial charge in [-0.2, -0.15) is 0 Å². The molecular weight excluding hydrogens is 280 g/mol. The highest BCUT2D eigenvalue weighted by Crippen LogP contribution is 2.28. The zero-order valence-corrected chi connectivity index (χ0v) is 14.0. The predicted molar refractivity (Wildman–Crippen MR) is 86.3 cm³/mol. The van der Waals surface area contributed by atoms with E-state index >= 15 is 0 Å². The Kier molecular flexibility index (Phi) is 9.60. The molecule has 1 aliphatic carbocycles. The molecule has 0 saturated carbocycles. The fourth-order valence-electron chi connectivity index (χ4n) is 2.57. The molecule has 2 atom stereocenters. The molecule has 1 rings (SSSR count). The molecule has 0 heterocycles. The van der Waals surface area contributed by atoms with Crippen molar-refractivity contribution < 1.29 is 19.1 Å². The quantitative estimate of drug-likeness (QED) is 0.347. The summed E-state index contributed by atoms with van der Waals surface area (Å²) in [6, 6.07) is 0. The fraction of sp³-hybridized carbons (Fsp3) is 0.778. The second-order valence-corrected chi connectivity index (χ2v) is 5.91. The molecule has 0 spiro atoms. The van der Waals surface area contributed by atoms with Gasteiger partial charge in [0.25, 0.3) is 0 Å². The van der Waals surface area contributed by atoms with Crippen LogP contribution in [-0.2, 0) is 19.1 Å². The van der Waals surface area contributed by atoms with E-state index in [2.05, 4.69) is 13.8 Å². The molecule has 0 saturated heterocycles. The third-order valence-electron chi connectivity index (χ3n) is 4.02. The van der Waals surface area contributed by atoms with E-state index in [0.29, 0.717) is 26.1 Å². The van der Waals surface area contributed by atoms with Gasteiger partial charge in [0.2, 0.25) is 0 Å². The highest BCUT2D eigenvalue weighted by Gasteiger charge is 2.36. The molecule has 22 heavy (non-hydrogen) atoms. The van der Waals surface area contributed by atoms with Crippen LogP contribution in [0.3, 0.4) is 0 Å². The summed E-state index contributed by atoms with van der Waals surface area (Å²) in [5.74, 6) is -1.28. The summed E-state index contributed by atoms with van der Waals surface area (Å²) in [5.41, 5.74) is 0. The third-order valence-corrected chi connectivity index (χ3v) is 4.02. The summed E-state index contributed by atoms with van der Waals surface area (Å²) in [5, 5.41) is 0. The number of hydrogen-bond donors (Lipinski definition) is 0. The molecule has 0 aliphatic heterocycles. The van der Waals surface area contributed by atoms with Gasteiger partial charge in [0.05, 0.1) is 25.0 Å². The maximum atomic E-state index is 12.2. The first-order valence-corrected chi connectivity index (χ1v) is 8.69. The molecule has 0 bridgehead atoms. The summed E-state index contributed by atoms with van der Waals surface area (Å²) < 4.78 is 10.6. The summed E-state index contributed by atoms with van der Waals surface area (Å²) in [6.07, 6.45) is 11.2. The number of rotatable bonds is 10. The highest BCUT2D eigenvalue weighted by molar-refractivity contribution is 5.82. The SMILES string of the molecule is CCCCCCOC(=O)C1CC=CCC1C(=O)OCCCC. The van der Waals surface area contributed by atoms with Crippen LogP contribution in [0.1, 0.15) is 65.2 Å². The van der Waals surface area contributed by atoms with Crippen LogP contribution < -0.4 is 0 Å². The van der Waals surface area contributed by atoms with Crippen molar-refractivity contribution in [1.82, 2.24) is 0 Å². The Morgan fingerprint density at radius 2 is 1.32 bits per heavy atom. The van der Waals surface area contributed by atoms with Gasteiger partial charge in [0.1, 0.15) is 0 Å². The van der Waals surface area contributed by atoms with Crippen molar-refractivity contribution in [3.05, 3.63) is 12.2 Å². The maximum absolute atomic E-state index is 12.2. The smallest absolute Gasteiger partial charge is 0.310 e. The Labute approximate surface area is 134 Å². The number of unbranched alkanes of at least 4 members (excludes halogenated alkanes) is 4. The van der Waals surface area contributed by atoms with Gasteiger partial charge in [-0.1, -0.05) is 51.7 Å². The molecule has 4 nitrogen and oxygen atoms in total. The van der Waals surface area contributed by atoms with Crippen LogP contribution in [0.2, 0.25) is 0 Å². The predicted octanol–water partition coefficient (Wildman–Crippen LogP) is 4.04. The van der Waals surface area contributed by atoms with E-state index in [1.54, 1.807) is 0 Å². The van der Waals surface area contributed by atoms with Crippen LogP contribution in [0.4, 0.5) is 0 Å². The Morgan fingerprint density at radius 1 is 0.818 bits per heavy atom. The number of allylic oxidation sites excluding steroid dienone is 2. The molecule has 0 N–H and O–H groups in total. The minimum absolute atomic E-state index is 0.252. The summed E-state index contributed by atoms with van der Waals surface area (Å²) in [6.45, 7) is 5.09. The van der Waals surface area contributed by atoms with Gasteiger partial charge in [-0.15, -0.1) is 0 Å². The molecular formula is C18H30O4. The monoisotopic (exact) mass is 310 g/mol. The van der Waals surface area contributed by atoms with E-state index in [0.717, 1.165) is 38.5 Å². The van der Waals surface area contributed by atoms with Gasteiger partial charge >= 0.3 is 11.9 Å². The molecule has 0 fully saturated rings. The lowest BCUT2D eigenvalue weighted by Gasteiger charge is -2.25. The van der Waals surface area contributed by atoms with Gasteiger partial charge in [0, 0.05) is 0 Å². The topological polar surface area (TPSA) is 52.6 Å². The number of carbonyl (C=O) groups excluding carboxylic acids is 2. The molecule has 1 aliphatic rings. The van der Waals surface area contributed by atoms with E-state index < -0.39 is 0 Å². The minimum atomic E-state index is -0.384. The number of carbonyl (C=O) groups is 2. The molecule has 0 amide bonds. The van der Waals surface area contributed by atoms with E-state index in [9.17, 15) is 9.59 Å². The van der Waals surface area contributed by atoms with E-state index in [-0.39, 0.29) is 23.8 Å². The first kappa shape index (κ1) is 18.7. The lowest BCUT2D eigenvalue weighted by atomic mass is 9.83. The van der Waals surface area contributed by atoms with Crippen LogP contribution >= 0.6 is 0 Å². The number of ether oxygens (including phenoxy) is 2. The molecule has 2 unspecified atom stereocenters. The van der Waals surface area contributed by atoms with Crippen LogP contribution in [0.5, 0.6) is 0 Å². The van der Waals surface area contributed by atoms with Gasteiger partial charge < -0.3 is 9.47 Å². The van der Waals surface area contributed by atoms with Crippen molar-refractivity contribution in [2.75, 3.05) is 13.2 Å². The third kappa shape index (κ3) is 6.63. The molecule has 0 aromatic rings. The lowest BCUT2D eigenvalue weighted by molar-refractivity contribution is -0.161. The molecule has 0 aromatic heterocycles. The van der Waals surface area contributed by atoms with Crippen molar-refractivity contribution in [3.8, 4) is 0 Å². The Balaban J connectivity index is 2.41. The molecule has 0 aromatic carbocycles. The van der Waals surface area contributed by atoms with Crippen LogP contribution in [0, 0.1) is 11.8 Å². The van der Waals surface area contributed by atoms with E-state index in [1.807, 2.05) is 12.2 Å². The van der Waals surface area contributed by atoms with Crippen molar-refractivity contribution in [1.29, 1.82) is 0 Å². The molecule has 0 radical (unpaired) electrons. The fourth-order valence-corrected chi connectivity index (χ4v) is 2.57. The van der Waals surface area contributed by atoms with Gasteiger partial charge in [0.15, 0.2) is 0 Å². The average molecular weight is 310 g/mol. The van der Waals surface area contributed by atoms with Gasteiger partial charge in [-0.05, 0) is 25.7 Å². The van der Waals surface area contributed by atoms with Crippen molar-refractivity contribution in [3.63, 3.8) is 0 Å². The first-order chi connectivity index (χ1) is 10.7. The van der Waals surface area contributed by atoms with Crippen LogP contribution in [0.25, 0.3) is 0 Å². The molecule has 4 heteroatoms. The number of hydrogen-bond acceptors (Lipinski definition) is 4. The van der Waals surface area contributed by atoms with Crippen molar-refractivity contribution in [2.24, 2.45) is 11.8 Å². The van der Waals surface area contributed by atoms with Crippen molar-refractivity contribution in [2.45, 2.75) is 65.2 Å². The van der Waals surface area contributed by atoms with E-state index in [4.69, 9.17) is 9.47 Å². The second kappa shape index (κ2) is 11.3. The standard InChI is InChI=1S/C18H30O4/c1-3-5-7-10-14-22-18(20)16-12-9-8-11-15(16)17(19)21-13-6-4-2/h8-9,15-16H,3-7,10-14H2,1-2H3.